The summed E-state index contributed by atoms with van der Waals surface area (Å²) in [5.74, 6) is -0.464. The zero-order chi connectivity index (χ0) is 10.8. The van der Waals surface area contributed by atoms with Crippen molar-refractivity contribution < 1.29 is 9.50 Å². The minimum Gasteiger partial charge on any atom is -0.383 e. The number of aliphatic hydroxyl groups excluding tert-OH is 1. The van der Waals surface area contributed by atoms with Crippen molar-refractivity contribution in [1.82, 2.24) is 4.98 Å². The molecular formula is C10H7ClFNOS. The Kier molecular flexibility index (Phi) is 3.00. The summed E-state index contributed by atoms with van der Waals surface area (Å²) >= 11 is 7.06. The van der Waals surface area contributed by atoms with Crippen molar-refractivity contribution in [3.8, 4) is 0 Å². The quantitative estimate of drug-likeness (QED) is 0.880. The zero-order valence-electron chi connectivity index (χ0n) is 7.52. The van der Waals surface area contributed by atoms with E-state index in [9.17, 15) is 9.50 Å². The molecule has 0 aliphatic heterocycles. The van der Waals surface area contributed by atoms with Gasteiger partial charge in [0.25, 0.3) is 0 Å². The summed E-state index contributed by atoms with van der Waals surface area (Å²) in [5, 5.41) is 12.2. The summed E-state index contributed by atoms with van der Waals surface area (Å²) in [5.41, 5.74) is 0.425. The fraction of sp³-hybridized carbons (Fsp3) is 0.100. The van der Waals surface area contributed by atoms with Gasteiger partial charge in [-0.3, -0.25) is 4.98 Å². The van der Waals surface area contributed by atoms with Gasteiger partial charge in [0, 0.05) is 22.0 Å². The highest BCUT2D eigenvalue weighted by molar-refractivity contribution is 7.10. The van der Waals surface area contributed by atoms with Crippen LogP contribution in [0.1, 0.15) is 16.5 Å². The SMILES string of the molecule is OC(c1cncc(F)c1)c1cc(Cl)cs1. The predicted octanol–water partition coefficient (Wildman–Crippen LogP) is 3.02. The van der Waals surface area contributed by atoms with E-state index in [0.29, 0.717) is 15.5 Å². The molecule has 0 bridgehead atoms. The number of aromatic nitrogens is 1. The first kappa shape index (κ1) is 10.5. The van der Waals surface area contributed by atoms with Gasteiger partial charge in [-0.05, 0) is 12.1 Å². The van der Waals surface area contributed by atoms with Gasteiger partial charge < -0.3 is 5.11 Å². The van der Waals surface area contributed by atoms with Crippen LogP contribution in [0.2, 0.25) is 5.02 Å². The summed E-state index contributed by atoms with van der Waals surface area (Å²) in [6, 6.07) is 2.91. The van der Waals surface area contributed by atoms with Crippen LogP contribution in [0.5, 0.6) is 0 Å². The maximum absolute atomic E-state index is 12.9. The molecule has 2 rings (SSSR count). The minimum absolute atomic E-state index is 0.425. The zero-order valence-corrected chi connectivity index (χ0v) is 9.10. The average Bonchev–Trinajstić information content (AvgIpc) is 2.64. The lowest BCUT2D eigenvalue weighted by atomic mass is 10.1. The normalized spacial score (nSPS) is 12.7. The highest BCUT2D eigenvalue weighted by Crippen LogP contribution is 2.29. The Labute approximate surface area is 95.0 Å². The van der Waals surface area contributed by atoms with Gasteiger partial charge in [-0.15, -0.1) is 11.3 Å². The van der Waals surface area contributed by atoms with Crippen LogP contribution in [0.25, 0.3) is 0 Å². The summed E-state index contributed by atoms with van der Waals surface area (Å²) in [6.07, 6.45) is 1.66. The van der Waals surface area contributed by atoms with Crippen LogP contribution in [-0.2, 0) is 0 Å². The van der Waals surface area contributed by atoms with Crippen LogP contribution >= 0.6 is 22.9 Å². The molecule has 15 heavy (non-hydrogen) atoms. The Balaban J connectivity index is 2.32. The lowest BCUT2D eigenvalue weighted by Gasteiger charge is -2.07. The molecule has 0 amide bonds. The van der Waals surface area contributed by atoms with E-state index in [1.165, 1.54) is 23.6 Å². The number of hydrogen-bond donors (Lipinski definition) is 1. The molecule has 0 saturated carbocycles. The molecule has 2 aromatic heterocycles. The van der Waals surface area contributed by atoms with Crippen molar-refractivity contribution in [3.63, 3.8) is 0 Å². The van der Waals surface area contributed by atoms with Crippen LogP contribution in [0, 0.1) is 5.82 Å². The molecule has 0 aliphatic carbocycles. The molecule has 0 radical (unpaired) electrons. The minimum atomic E-state index is -0.870. The van der Waals surface area contributed by atoms with Crippen LogP contribution in [0.3, 0.4) is 0 Å². The van der Waals surface area contributed by atoms with Crippen LogP contribution in [0.15, 0.2) is 29.9 Å². The molecule has 78 valence electrons. The predicted molar refractivity (Wildman–Crippen MR) is 57.6 cm³/mol. The van der Waals surface area contributed by atoms with E-state index >= 15 is 0 Å². The molecule has 0 fully saturated rings. The molecule has 2 aromatic rings. The standard InChI is InChI=1S/C10H7ClFNOS/c11-7-2-9(15-5-7)10(14)6-1-8(12)4-13-3-6/h1-5,10,14H. The topological polar surface area (TPSA) is 33.1 Å². The Morgan fingerprint density at radius 2 is 2.20 bits per heavy atom. The summed E-state index contributed by atoms with van der Waals surface area (Å²) in [7, 11) is 0. The van der Waals surface area contributed by atoms with E-state index in [2.05, 4.69) is 4.98 Å². The third kappa shape index (κ3) is 2.34. The van der Waals surface area contributed by atoms with Crippen molar-refractivity contribution in [3.05, 3.63) is 51.2 Å². The lowest BCUT2D eigenvalue weighted by Crippen LogP contribution is -1.98. The monoisotopic (exact) mass is 243 g/mol. The highest BCUT2D eigenvalue weighted by Gasteiger charge is 2.13. The maximum Gasteiger partial charge on any atom is 0.141 e. The lowest BCUT2D eigenvalue weighted by molar-refractivity contribution is 0.223. The smallest absolute Gasteiger partial charge is 0.141 e. The van der Waals surface area contributed by atoms with Gasteiger partial charge in [0.15, 0.2) is 0 Å². The van der Waals surface area contributed by atoms with Crippen molar-refractivity contribution in [2.75, 3.05) is 0 Å². The summed E-state index contributed by atoms with van der Waals surface area (Å²) < 4.78 is 12.9. The summed E-state index contributed by atoms with van der Waals surface area (Å²) in [6.45, 7) is 0. The number of aliphatic hydroxyl groups is 1. The highest BCUT2D eigenvalue weighted by atomic mass is 35.5. The van der Waals surface area contributed by atoms with Crippen molar-refractivity contribution in [1.29, 1.82) is 0 Å². The van der Waals surface area contributed by atoms with Crippen molar-refractivity contribution in [2.24, 2.45) is 0 Å². The Morgan fingerprint density at radius 1 is 1.40 bits per heavy atom. The fourth-order valence-electron chi connectivity index (χ4n) is 1.21. The Bertz CT molecular complexity index is 474. The maximum atomic E-state index is 12.9. The third-order valence-corrected chi connectivity index (χ3v) is 3.23. The molecule has 0 aromatic carbocycles. The first-order valence-corrected chi connectivity index (χ1v) is 5.45. The van der Waals surface area contributed by atoms with Gasteiger partial charge in [0.2, 0.25) is 0 Å². The van der Waals surface area contributed by atoms with E-state index in [0.717, 1.165) is 6.20 Å². The van der Waals surface area contributed by atoms with E-state index in [-0.39, 0.29) is 0 Å². The van der Waals surface area contributed by atoms with Crippen LogP contribution < -0.4 is 0 Å². The number of thiophene rings is 1. The van der Waals surface area contributed by atoms with E-state index < -0.39 is 11.9 Å². The van der Waals surface area contributed by atoms with Gasteiger partial charge in [-0.2, -0.15) is 0 Å². The number of nitrogens with zero attached hydrogens (tertiary/aromatic N) is 1. The largest absolute Gasteiger partial charge is 0.383 e. The Morgan fingerprint density at radius 3 is 2.80 bits per heavy atom. The Hall–Kier alpha value is -0.970. The average molecular weight is 244 g/mol. The number of hydrogen-bond acceptors (Lipinski definition) is 3. The second kappa shape index (κ2) is 4.26. The molecule has 2 heterocycles. The number of halogens is 2. The molecule has 1 unspecified atom stereocenters. The molecule has 0 aliphatic rings. The molecule has 0 spiro atoms. The van der Waals surface area contributed by atoms with E-state index in [4.69, 9.17) is 11.6 Å². The van der Waals surface area contributed by atoms with Gasteiger partial charge >= 0.3 is 0 Å². The molecule has 1 N–H and O–H groups in total. The van der Waals surface area contributed by atoms with Gasteiger partial charge in [0.05, 0.1) is 11.2 Å². The first-order valence-electron chi connectivity index (χ1n) is 4.19. The first-order chi connectivity index (χ1) is 7.16. The third-order valence-electron chi connectivity index (χ3n) is 1.90. The van der Waals surface area contributed by atoms with Gasteiger partial charge in [-0.25, -0.2) is 4.39 Å². The number of rotatable bonds is 2. The van der Waals surface area contributed by atoms with Gasteiger partial charge in [-0.1, -0.05) is 11.6 Å². The molecular weight excluding hydrogens is 237 g/mol. The second-order valence-electron chi connectivity index (χ2n) is 3.01. The van der Waals surface area contributed by atoms with Crippen LogP contribution in [-0.4, -0.2) is 10.1 Å². The second-order valence-corrected chi connectivity index (χ2v) is 4.39. The number of pyridine rings is 1. The van der Waals surface area contributed by atoms with Crippen molar-refractivity contribution >= 4 is 22.9 Å². The molecule has 2 nitrogen and oxygen atoms in total. The summed E-state index contributed by atoms with van der Waals surface area (Å²) in [4.78, 5) is 4.35. The molecule has 0 saturated heterocycles. The van der Waals surface area contributed by atoms with Crippen molar-refractivity contribution in [2.45, 2.75) is 6.10 Å². The van der Waals surface area contributed by atoms with E-state index in [1.54, 1.807) is 11.4 Å². The molecule has 5 heteroatoms. The molecule has 1 atom stereocenters. The van der Waals surface area contributed by atoms with Crippen LogP contribution in [0.4, 0.5) is 4.39 Å². The van der Waals surface area contributed by atoms with Gasteiger partial charge in [0.1, 0.15) is 11.9 Å². The van der Waals surface area contributed by atoms with E-state index in [1.807, 2.05) is 0 Å². The fourth-order valence-corrected chi connectivity index (χ4v) is 2.31.